The van der Waals surface area contributed by atoms with Crippen LogP contribution >= 0.6 is 0 Å². The summed E-state index contributed by atoms with van der Waals surface area (Å²) in [5.74, 6) is 0.709. The molecule has 2 aromatic rings. The topological polar surface area (TPSA) is 20.2 Å². The highest BCUT2D eigenvalue weighted by molar-refractivity contribution is 5.84. The molecule has 3 rings (SSSR count). The van der Waals surface area contributed by atoms with Crippen LogP contribution < -0.4 is 5.32 Å². The first kappa shape index (κ1) is 12.7. The third-order valence-electron chi connectivity index (χ3n) is 4.35. The molecular formula is C16H23N3. The standard InChI is InChI=1S/C16H23N3/c1-18(2)16(12-8-9-17-10-12)14-11-19(3)15-7-5-4-6-13(14)15/h4-7,11-12,16-17H,8-10H2,1-3H3. The molecule has 102 valence electrons. The van der Waals surface area contributed by atoms with E-state index >= 15 is 0 Å². The fraction of sp³-hybridized carbons (Fsp3) is 0.500. The molecular weight excluding hydrogens is 234 g/mol. The maximum absolute atomic E-state index is 3.50. The van der Waals surface area contributed by atoms with Gasteiger partial charge in [-0.3, -0.25) is 0 Å². The highest BCUT2D eigenvalue weighted by atomic mass is 15.1. The first-order valence-electron chi connectivity index (χ1n) is 7.09. The quantitative estimate of drug-likeness (QED) is 0.911. The van der Waals surface area contributed by atoms with Crippen molar-refractivity contribution in [3.05, 3.63) is 36.0 Å². The molecule has 0 radical (unpaired) electrons. The minimum Gasteiger partial charge on any atom is -0.350 e. The molecule has 2 unspecified atom stereocenters. The average Bonchev–Trinajstić information content (AvgIpc) is 3.00. The van der Waals surface area contributed by atoms with Gasteiger partial charge in [-0.1, -0.05) is 18.2 Å². The van der Waals surface area contributed by atoms with E-state index in [2.05, 4.69) is 66.4 Å². The number of rotatable bonds is 3. The Bertz CT molecular complexity index is 564. The molecule has 1 aromatic carbocycles. The lowest BCUT2D eigenvalue weighted by molar-refractivity contribution is 0.224. The number of aryl methyl sites for hydroxylation is 1. The van der Waals surface area contributed by atoms with Crippen molar-refractivity contribution in [1.29, 1.82) is 0 Å². The van der Waals surface area contributed by atoms with Gasteiger partial charge in [0.25, 0.3) is 0 Å². The highest BCUT2D eigenvalue weighted by Crippen LogP contribution is 2.35. The Hall–Kier alpha value is -1.32. The monoisotopic (exact) mass is 257 g/mol. The number of hydrogen-bond acceptors (Lipinski definition) is 2. The normalized spacial score (nSPS) is 21.4. The molecule has 0 bridgehead atoms. The van der Waals surface area contributed by atoms with Gasteiger partial charge in [0.1, 0.15) is 0 Å². The van der Waals surface area contributed by atoms with Crippen LogP contribution in [0.25, 0.3) is 10.9 Å². The van der Waals surface area contributed by atoms with E-state index in [0.29, 0.717) is 12.0 Å². The number of aromatic nitrogens is 1. The fourth-order valence-corrected chi connectivity index (χ4v) is 3.51. The van der Waals surface area contributed by atoms with Crippen molar-refractivity contribution in [2.75, 3.05) is 27.2 Å². The predicted molar refractivity (Wildman–Crippen MR) is 80.3 cm³/mol. The van der Waals surface area contributed by atoms with Gasteiger partial charge < -0.3 is 14.8 Å². The Morgan fingerprint density at radius 2 is 2.11 bits per heavy atom. The van der Waals surface area contributed by atoms with Gasteiger partial charge in [0.05, 0.1) is 0 Å². The summed E-state index contributed by atoms with van der Waals surface area (Å²) in [6.45, 7) is 2.28. The molecule has 1 aliphatic heterocycles. The van der Waals surface area contributed by atoms with E-state index in [0.717, 1.165) is 13.1 Å². The Morgan fingerprint density at radius 3 is 2.79 bits per heavy atom. The van der Waals surface area contributed by atoms with Crippen LogP contribution in [-0.2, 0) is 7.05 Å². The second-order valence-corrected chi connectivity index (χ2v) is 5.87. The number of nitrogens with one attached hydrogen (secondary N) is 1. The van der Waals surface area contributed by atoms with Gasteiger partial charge in [-0.05, 0) is 51.2 Å². The maximum atomic E-state index is 3.50. The SMILES string of the molecule is CN(C)C(c1cn(C)c2ccccc12)C1CCNC1. The summed E-state index contributed by atoms with van der Waals surface area (Å²) in [4.78, 5) is 2.37. The molecule has 2 heterocycles. The summed E-state index contributed by atoms with van der Waals surface area (Å²) in [6.07, 6.45) is 3.58. The fourth-order valence-electron chi connectivity index (χ4n) is 3.51. The van der Waals surface area contributed by atoms with Crippen LogP contribution in [0.2, 0.25) is 0 Å². The van der Waals surface area contributed by atoms with Gasteiger partial charge in [-0.15, -0.1) is 0 Å². The summed E-state index contributed by atoms with van der Waals surface area (Å²) in [7, 11) is 6.54. The van der Waals surface area contributed by atoms with Gasteiger partial charge in [-0.25, -0.2) is 0 Å². The molecule has 0 amide bonds. The minimum atomic E-state index is 0.501. The summed E-state index contributed by atoms with van der Waals surface area (Å²) in [6, 6.07) is 9.22. The van der Waals surface area contributed by atoms with E-state index in [-0.39, 0.29) is 0 Å². The molecule has 2 atom stereocenters. The lowest BCUT2D eigenvalue weighted by atomic mass is 9.91. The van der Waals surface area contributed by atoms with Crippen molar-refractivity contribution < 1.29 is 0 Å². The smallest absolute Gasteiger partial charge is 0.0481 e. The highest BCUT2D eigenvalue weighted by Gasteiger charge is 2.29. The van der Waals surface area contributed by atoms with E-state index < -0.39 is 0 Å². The molecule has 1 saturated heterocycles. The largest absolute Gasteiger partial charge is 0.350 e. The second kappa shape index (κ2) is 4.99. The number of benzene rings is 1. The third-order valence-corrected chi connectivity index (χ3v) is 4.35. The van der Waals surface area contributed by atoms with E-state index in [1.165, 1.54) is 22.9 Å². The summed E-state index contributed by atoms with van der Waals surface area (Å²) >= 11 is 0. The van der Waals surface area contributed by atoms with Crippen LogP contribution in [0.5, 0.6) is 0 Å². The molecule has 0 spiro atoms. The van der Waals surface area contributed by atoms with Crippen molar-refractivity contribution in [3.63, 3.8) is 0 Å². The van der Waals surface area contributed by atoms with Gasteiger partial charge in [0, 0.05) is 30.2 Å². The lowest BCUT2D eigenvalue weighted by Gasteiger charge is -2.29. The summed E-state index contributed by atoms with van der Waals surface area (Å²) < 4.78 is 2.25. The summed E-state index contributed by atoms with van der Waals surface area (Å²) in [5, 5.41) is 4.90. The van der Waals surface area contributed by atoms with E-state index in [9.17, 15) is 0 Å². The molecule has 1 aromatic heterocycles. The predicted octanol–water partition coefficient (Wildman–Crippen LogP) is 2.39. The average molecular weight is 257 g/mol. The number of fused-ring (bicyclic) bond motifs is 1. The minimum absolute atomic E-state index is 0.501. The zero-order valence-electron chi connectivity index (χ0n) is 12.1. The number of nitrogens with zero attached hydrogens (tertiary/aromatic N) is 2. The van der Waals surface area contributed by atoms with Gasteiger partial charge in [-0.2, -0.15) is 0 Å². The molecule has 3 nitrogen and oxygen atoms in total. The molecule has 1 aliphatic rings. The van der Waals surface area contributed by atoms with Crippen LogP contribution in [0.1, 0.15) is 18.0 Å². The summed E-state index contributed by atoms with van der Waals surface area (Å²) in [5.41, 5.74) is 2.80. The Balaban J connectivity index is 2.09. The molecule has 19 heavy (non-hydrogen) atoms. The molecule has 3 heteroatoms. The van der Waals surface area contributed by atoms with Gasteiger partial charge in [0.2, 0.25) is 0 Å². The first-order valence-corrected chi connectivity index (χ1v) is 7.09. The van der Waals surface area contributed by atoms with E-state index in [1.54, 1.807) is 0 Å². The van der Waals surface area contributed by atoms with Gasteiger partial charge in [0.15, 0.2) is 0 Å². The van der Waals surface area contributed by atoms with Crippen molar-refractivity contribution in [1.82, 2.24) is 14.8 Å². The molecule has 1 fully saturated rings. The van der Waals surface area contributed by atoms with Crippen molar-refractivity contribution in [2.45, 2.75) is 12.5 Å². The number of hydrogen-bond donors (Lipinski definition) is 1. The Morgan fingerprint density at radius 1 is 1.32 bits per heavy atom. The number of para-hydroxylation sites is 1. The zero-order chi connectivity index (χ0) is 13.4. The lowest BCUT2D eigenvalue weighted by Crippen LogP contribution is -2.28. The van der Waals surface area contributed by atoms with E-state index in [4.69, 9.17) is 0 Å². The Labute approximate surface area is 115 Å². The molecule has 0 saturated carbocycles. The van der Waals surface area contributed by atoms with Crippen LogP contribution in [-0.4, -0.2) is 36.7 Å². The first-order chi connectivity index (χ1) is 9.18. The van der Waals surface area contributed by atoms with Crippen LogP contribution in [0, 0.1) is 5.92 Å². The van der Waals surface area contributed by atoms with Crippen LogP contribution in [0.15, 0.2) is 30.5 Å². The second-order valence-electron chi connectivity index (χ2n) is 5.87. The van der Waals surface area contributed by atoms with Crippen LogP contribution in [0.4, 0.5) is 0 Å². The molecule has 1 N–H and O–H groups in total. The Kier molecular flexibility index (Phi) is 3.33. The van der Waals surface area contributed by atoms with Crippen molar-refractivity contribution in [2.24, 2.45) is 13.0 Å². The van der Waals surface area contributed by atoms with Crippen molar-refractivity contribution in [3.8, 4) is 0 Å². The van der Waals surface area contributed by atoms with Crippen LogP contribution in [0.3, 0.4) is 0 Å². The van der Waals surface area contributed by atoms with E-state index in [1.807, 2.05) is 0 Å². The third kappa shape index (κ3) is 2.17. The zero-order valence-corrected chi connectivity index (χ0v) is 12.1. The molecule has 0 aliphatic carbocycles. The maximum Gasteiger partial charge on any atom is 0.0481 e. The van der Waals surface area contributed by atoms with Gasteiger partial charge >= 0.3 is 0 Å². The van der Waals surface area contributed by atoms with Crippen molar-refractivity contribution >= 4 is 10.9 Å².